The first-order valence-electron chi connectivity index (χ1n) is 7.69. The van der Waals surface area contributed by atoms with Gasteiger partial charge in [0.05, 0.1) is 18.9 Å². The molecule has 1 fully saturated rings. The van der Waals surface area contributed by atoms with Gasteiger partial charge in [-0.1, -0.05) is 37.3 Å². The molecule has 1 heterocycles. The molecule has 21 heavy (non-hydrogen) atoms. The lowest BCUT2D eigenvalue weighted by molar-refractivity contribution is 0.103. The third-order valence-corrected chi connectivity index (χ3v) is 4.29. The quantitative estimate of drug-likeness (QED) is 0.754. The maximum Gasteiger partial charge on any atom is 0.117 e. The van der Waals surface area contributed by atoms with Gasteiger partial charge in [-0.15, -0.1) is 0 Å². The second-order valence-corrected chi connectivity index (χ2v) is 5.96. The number of ether oxygens (including phenoxy) is 1. The molecular weight excluding hydrogens is 262 g/mol. The monoisotopic (exact) mass is 285 g/mol. The van der Waals surface area contributed by atoms with Crippen molar-refractivity contribution < 1.29 is 9.15 Å². The lowest BCUT2D eigenvalue weighted by Gasteiger charge is -2.12. The first-order chi connectivity index (χ1) is 10.3. The van der Waals surface area contributed by atoms with Crippen molar-refractivity contribution in [2.75, 3.05) is 13.2 Å². The highest BCUT2D eigenvalue weighted by Gasteiger charge is 2.52. The van der Waals surface area contributed by atoms with Gasteiger partial charge in [0, 0.05) is 12.0 Å². The van der Waals surface area contributed by atoms with Crippen LogP contribution < -0.4 is 5.32 Å². The largest absolute Gasteiger partial charge is 0.468 e. The fourth-order valence-electron chi connectivity index (χ4n) is 2.74. The van der Waals surface area contributed by atoms with Crippen LogP contribution in [0.25, 0.3) is 0 Å². The van der Waals surface area contributed by atoms with Gasteiger partial charge in [-0.3, -0.25) is 0 Å². The first-order valence-corrected chi connectivity index (χ1v) is 7.69. The van der Waals surface area contributed by atoms with Crippen LogP contribution in [0.3, 0.4) is 0 Å². The van der Waals surface area contributed by atoms with E-state index in [4.69, 9.17) is 9.15 Å². The third kappa shape index (κ3) is 3.55. The Morgan fingerprint density at radius 2 is 2.10 bits per heavy atom. The van der Waals surface area contributed by atoms with Crippen molar-refractivity contribution in [3.8, 4) is 0 Å². The fraction of sp³-hybridized carbons (Fsp3) is 0.444. The molecular formula is C18H23NO2. The number of hydrogen-bond acceptors (Lipinski definition) is 3. The van der Waals surface area contributed by atoms with Gasteiger partial charge in [0.15, 0.2) is 0 Å². The maximum absolute atomic E-state index is 6.00. The van der Waals surface area contributed by atoms with Crippen molar-refractivity contribution in [2.45, 2.75) is 37.8 Å². The predicted octanol–water partition coefficient (Wildman–Crippen LogP) is 3.51. The van der Waals surface area contributed by atoms with E-state index in [1.165, 1.54) is 5.56 Å². The van der Waals surface area contributed by atoms with Crippen molar-refractivity contribution >= 4 is 0 Å². The highest BCUT2D eigenvalue weighted by Crippen LogP contribution is 2.49. The molecule has 0 saturated heterocycles. The molecule has 0 amide bonds. The Labute approximate surface area is 126 Å². The molecule has 1 saturated carbocycles. The summed E-state index contributed by atoms with van der Waals surface area (Å²) in [7, 11) is 0. The van der Waals surface area contributed by atoms with Gasteiger partial charge < -0.3 is 14.5 Å². The van der Waals surface area contributed by atoms with E-state index in [1.807, 2.05) is 12.1 Å². The fourth-order valence-corrected chi connectivity index (χ4v) is 2.74. The molecule has 0 aliphatic heterocycles. The summed E-state index contributed by atoms with van der Waals surface area (Å²) in [5.74, 6) is 0.981. The molecule has 3 nitrogen and oxygen atoms in total. The van der Waals surface area contributed by atoms with Crippen LogP contribution in [0.4, 0.5) is 0 Å². The van der Waals surface area contributed by atoms with Crippen LogP contribution in [-0.2, 0) is 16.7 Å². The molecule has 2 atom stereocenters. The van der Waals surface area contributed by atoms with Crippen LogP contribution in [0.15, 0.2) is 53.1 Å². The van der Waals surface area contributed by atoms with E-state index < -0.39 is 0 Å². The molecule has 1 unspecified atom stereocenters. The van der Waals surface area contributed by atoms with E-state index in [2.05, 4.69) is 42.6 Å². The SMILES string of the molecule is C[C@]1(c2ccccc2)CC1OCCCNCc1ccco1. The van der Waals surface area contributed by atoms with Crippen molar-refractivity contribution in [2.24, 2.45) is 0 Å². The van der Waals surface area contributed by atoms with Crippen molar-refractivity contribution in [1.82, 2.24) is 5.32 Å². The second kappa shape index (κ2) is 6.46. The summed E-state index contributed by atoms with van der Waals surface area (Å²) < 4.78 is 11.3. The Hall–Kier alpha value is -1.58. The van der Waals surface area contributed by atoms with Crippen molar-refractivity contribution in [3.05, 3.63) is 60.1 Å². The van der Waals surface area contributed by atoms with Gasteiger partial charge >= 0.3 is 0 Å². The van der Waals surface area contributed by atoms with E-state index in [0.717, 1.165) is 38.3 Å². The minimum atomic E-state index is 0.225. The Kier molecular flexibility index (Phi) is 4.42. The number of rotatable bonds is 8. The molecule has 0 bridgehead atoms. The van der Waals surface area contributed by atoms with E-state index in [-0.39, 0.29) is 5.41 Å². The zero-order valence-corrected chi connectivity index (χ0v) is 12.5. The van der Waals surface area contributed by atoms with Crippen LogP contribution in [-0.4, -0.2) is 19.3 Å². The zero-order valence-electron chi connectivity index (χ0n) is 12.5. The highest BCUT2D eigenvalue weighted by molar-refractivity contribution is 5.33. The molecule has 3 rings (SSSR count). The zero-order chi connectivity index (χ0) is 14.5. The van der Waals surface area contributed by atoms with E-state index in [9.17, 15) is 0 Å². The van der Waals surface area contributed by atoms with Crippen LogP contribution in [0, 0.1) is 0 Å². The van der Waals surface area contributed by atoms with Gasteiger partial charge in [-0.05, 0) is 37.1 Å². The molecule has 1 aromatic carbocycles. The van der Waals surface area contributed by atoms with Gasteiger partial charge in [0.2, 0.25) is 0 Å². The molecule has 1 aliphatic rings. The maximum atomic E-state index is 6.00. The number of benzene rings is 1. The number of nitrogens with one attached hydrogen (secondary N) is 1. The van der Waals surface area contributed by atoms with Crippen LogP contribution in [0.1, 0.15) is 31.1 Å². The van der Waals surface area contributed by atoms with Gasteiger partial charge in [0.25, 0.3) is 0 Å². The molecule has 112 valence electrons. The Morgan fingerprint density at radius 3 is 2.86 bits per heavy atom. The van der Waals surface area contributed by atoms with Gasteiger partial charge in [0.1, 0.15) is 5.76 Å². The van der Waals surface area contributed by atoms with Gasteiger partial charge in [-0.2, -0.15) is 0 Å². The Morgan fingerprint density at radius 1 is 1.24 bits per heavy atom. The van der Waals surface area contributed by atoms with Crippen molar-refractivity contribution in [3.63, 3.8) is 0 Å². The summed E-state index contributed by atoms with van der Waals surface area (Å²) in [5.41, 5.74) is 1.62. The van der Waals surface area contributed by atoms with Crippen LogP contribution in [0.5, 0.6) is 0 Å². The molecule has 1 aromatic heterocycles. The molecule has 2 aromatic rings. The Bertz CT molecular complexity index is 538. The molecule has 0 radical (unpaired) electrons. The van der Waals surface area contributed by atoms with E-state index in [1.54, 1.807) is 6.26 Å². The lowest BCUT2D eigenvalue weighted by atomic mass is 9.98. The molecule has 1 aliphatic carbocycles. The minimum Gasteiger partial charge on any atom is -0.468 e. The standard InChI is InChI=1S/C18H23NO2/c1-18(15-7-3-2-4-8-15)13-17(18)21-12-6-10-19-14-16-9-5-11-20-16/h2-5,7-9,11,17,19H,6,10,12-14H2,1H3/t17?,18-/m1/s1. The molecule has 3 heteroatoms. The highest BCUT2D eigenvalue weighted by atomic mass is 16.5. The topological polar surface area (TPSA) is 34.4 Å². The molecule has 0 spiro atoms. The Balaban J connectivity index is 1.31. The number of hydrogen-bond donors (Lipinski definition) is 1. The van der Waals surface area contributed by atoms with E-state index >= 15 is 0 Å². The van der Waals surface area contributed by atoms with Crippen molar-refractivity contribution in [1.29, 1.82) is 0 Å². The normalized spacial score (nSPS) is 24.1. The summed E-state index contributed by atoms with van der Waals surface area (Å²) in [6, 6.07) is 14.6. The first kappa shape index (κ1) is 14.4. The van der Waals surface area contributed by atoms with Gasteiger partial charge in [-0.25, -0.2) is 0 Å². The summed E-state index contributed by atoms with van der Waals surface area (Å²) in [4.78, 5) is 0. The van der Waals surface area contributed by atoms with Crippen LogP contribution in [0.2, 0.25) is 0 Å². The predicted molar refractivity (Wildman–Crippen MR) is 83.2 cm³/mol. The molecule has 1 N–H and O–H groups in total. The average molecular weight is 285 g/mol. The minimum absolute atomic E-state index is 0.225. The van der Waals surface area contributed by atoms with E-state index in [0.29, 0.717) is 6.10 Å². The third-order valence-electron chi connectivity index (χ3n) is 4.29. The summed E-state index contributed by atoms with van der Waals surface area (Å²) >= 11 is 0. The average Bonchev–Trinajstić information content (AvgIpc) is 2.94. The summed E-state index contributed by atoms with van der Waals surface area (Å²) in [6.45, 7) is 4.86. The summed E-state index contributed by atoms with van der Waals surface area (Å²) in [5, 5.41) is 3.36. The smallest absolute Gasteiger partial charge is 0.117 e. The summed E-state index contributed by atoms with van der Waals surface area (Å²) in [6.07, 6.45) is 4.25. The second-order valence-electron chi connectivity index (χ2n) is 5.96. The number of furan rings is 1. The lowest BCUT2D eigenvalue weighted by Crippen LogP contribution is -2.17. The van der Waals surface area contributed by atoms with Crippen LogP contribution >= 0.6 is 0 Å².